The molecule has 0 spiro atoms. The Morgan fingerprint density at radius 2 is 1.60 bits per heavy atom. The molecule has 0 unspecified atom stereocenters. The van der Waals surface area contributed by atoms with E-state index < -0.39 is 0 Å². The van der Waals surface area contributed by atoms with Crippen molar-refractivity contribution < 1.29 is 4.79 Å². The fraction of sp³-hybridized carbons (Fsp3) is 0.692. The number of aromatic nitrogens is 2. The van der Waals surface area contributed by atoms with E-state index in [1.165, 1.54) is 62.7 Å². The number of carbonyl (C=O) groups excluding carboxylic acids is 1. The molecule has 4 nitrogen and oxygen atoms in total. The van der Waals surface area contributed by atoms with Gasteiger partial charge in [-0.1, -0.05) is 84.3 Å². The number of hydrogen-bond donors (Lipinski definition) is 1. The average Bonchev–Trinajstić information content (AvgIpc) is 3.09. The van der Waals surface area contributed by atoms with Gasteiger partial charge in [0, 0.05) is 25.4 Å². The zero-order valence-electron chi connectivity index (χ0n) is 19.6. The van der Waals surface area contributed by atoms with E-state index in [0.717, 1.165) is 44.3 Å². The van der Waals surface area contributed by atoms with Crippen molar-refractivity contribution in [2.75, 3.05) is 6.54 Å². The highest BCUT2D eigenvalue weighted by Gasteiger charge is 2.10. The summed E-state index contributed by atoms with van der Waals surface area (Å²) < 4.78 is 2.45. The molecule has 4 heteroatoms. The molecule has 0 bridgehead atoms. The molecule has 0 fully saturated rings. The van der Waals surface area contributed by atoms with E-state index >= 15 is 0 Å². The van der Waals surface area contributed by atoms with Crippen LogP contribution < -0.4 is 5.32 Å². The molecule has 0 aliphatic heterocycles. The lowest BCUT2D eigenvalue weighted by Crippen LogP contribution is -2.28. The second kappa shape index (κ2) is 14.2. The van der Waals surface area contributed by atoms with Crippen LogP contribution in [0.4, 0.5) is 0 Å². The molecule has 1 N–H and O–H groups in total. The van der Waals surface area contributed by atoms with E-state index in [1.807, 2.05) is 13.8 Å². The first-order chi connectivity index (χ1) is 14.6. The first-order valence-corrected chi connectivity index (χ1v) is 12.3. The summed E-state index contributed by atoms with van der Waals surface area (Å²) in [5.74, 6) is 1.45. The number of hydrogen-bond acceptors (Lipinski definition) is 2. The Labute approximate surface area is 183 Å². The van der Waals surface area contributed by atoms with Gasteiger partial charge in [-0.2, -0.15) is 0 Å². The molecular weight excluding hydrogens is 370 g/mol. The maximum absolute atomic E-state index is 11.6. The Morgan fingerprint density at radius 1 is 0.933 bits per heavy atom. The number of nitrogens with zero attached hydrogens (tertiary/aromatic N) is 2. The maximum Gasteiger partial charge on any atom is 0.222 e. The van der Waals surface area contributed by atoms with E-state index in [4.69, 9.17) is 4.98 Å². The molecule has 1 aromatic heterocycles. The highest BCUT2D eigenvalue weighted by atomic mass is 16.1. The van der Waals surface area contributed by atoms with Crippen LogP contribution in [0.5, 0.6) is 0 Å². The number of aryl methyl sites for hydroxylation is 2. The smallest absolute Gasteiger partial charge is 0.222 e. The fourth-order valence-electron chi connectivity index (χ4n) is 3.97. The zero-order valence-corrected chi connectivity index (χ0v) is 19.6. The van der Waals surface area contributed by atoms with Gasteiger partial charge in [-0.25, -0.2) is 4.98 Å². The standard InChI is InChI=1S/C26H43N3O/c1-4-5-6-7-8-9-10-16-21-29-24-18-14-13-17-23(24)28-25(29)19-12-11-15-20-27-26(30)22(2)3/h13-14,17-18,22H,4-12,15-16,19-21H2,1-3H3,(H,27,30). The number of fused-ring (bicyclic) bond motifs is 1. The summed E-state index contributed by atoms with van der Waals surface area (Å²) in [7, 11) is 0. The summed E-state index contributed by atoms with van der Waals surface area (Å²) in [4.78, 5) is 16.6. The van der Waals surface area contributed by atoms with Crippen molar-refractivity contribution in [2.45, 2.75) is 104 Å². The predicted octanol–water partition coefficient (Wildman–Crippen LogP) is 6.66. The Balaban J connectivity index is 1.76. The number of nitrogens with one attached hydrogen (secondary N) is 1. The Morgan fingerprint density at radius 3 is 2.33 bits per heavy atom. The molecule has 0 aliphatic carbocycles. The molecule has 0 radical (unpaired) electrons. The molecular formula is C26H43N3O. The van der Waals surface area contributed by atoms with Gasteiger partial charge in [0.15, 0.2) is 0 Å². The van der Waals surface area contributed by atoms with Crippen molar-refractivity contribution in [2.24, 2.45) is 5.92 Å². The minimum Gasteiger partial charge on any atom is -0.356 e. The van der Waals surface area contributed by atoms with Crippen LogP contribution in [0.1, 0.15) is 97.2 Å². The SMILES string of the molecule is CCCCCCCCCCn1c(CCCCCNC(=O)C(C)C)nc2ccccc21. The van der Waals surface area contributed by atoms with Gasteiger partial charge in [-0.05, 0) is 31.4 Å². The molecule has 168 valence electrons. The third-order valence-electron chi connectivity index (χ3n) is 5.87. The molecule has 30 heavy (non-hydrogen) atoms. The topological polar surface area (TPSA) is 46.9 Å². The first-order valence-electron chi connectivity index (χ1n) is 12.3. The van der Waals surface area contributed by atoms with Crippen LogP contribution >= 0.6 is 0 Å². The van der Waals surface area contributed by atoms with Gasteiger partial charge in [-0.15, -0.1) is 0 Å². The number of carbonyl (C=O) groups is 1. The minimum absolute atomic E-state index is 0.0706. The molecule has 2 rings (SSSR count). The maximum atomic E-state index is 11.6. The Kier molecular flexibility index (Phi) is 11.6. The predicted molar refractivity (Wildman–Crippen MR) is 128 cm³/mol. The summed E-state index contributed by atoms with van der Waals surface area (Å²) in [5.41, 5.74) is 2.40. The van der Waals surface area contributed by atoms with Crippen LogP contribution in [0.15, 0.2) is 24.3 Å². The molecule has 0 saturated carbocycles. The third-order valence-corrected chi connectivity index (χ3v) is 5.87. The number of benzene rings is 1. The quantitative estimate of drug-likeness (QED) is 0.313. The summed E-state index contributed by atoms with van der Waals surface area (Å²) in [6.07, 6.45) is 15.1. The van der Waals surface area contributed by atoms with E-state index in [1.54, 1.807) is 0 Å². The van der Waals surface area contributed by atoms with Crippen molar-refractivity contribution in [3.63, 3.8) is 0 Å². The highest BCUT2D eigenvalue weighted by Crippen LogP contribution is 2.19. The highest BCUT2D eigenvalue weighted by molar-refractivity contribution is 5.77. The largest absolute Gasteiger partial charge is 0.356 e. The van der Waals surface area contributed by atoms with Crippen LogP contribution in [0.2, 0.25) is 0 Å². The number of unbranched alkanes of at least 4 members (excludes halogenated alkanes) is 9. The van der Waals surface area contributed by atoms with Gasteiger partial charge < -0.3 is 9.88 Å². The number of imidazole rings is 1. The lowest BCUT2D eigenvalue weighted by molar-refractivity contribution is -0.123. The normalized spacial score (nSPS) is 11.5. The molecule has 2 aromatic rings. The van der Waals surface area contributed by atoms with Gasteiger partial charge in [0.25, 0.3) is 0 Å². The number of amides is 1. The first kappa shape index (κ1) is 24.4. The Bertz CT molecular complexity index is 735. The van der Waals surface area contributed by atoms with Gasteiger partial charge >= 0.3 is 0 Å². The second-order valence-electron chi connectivity index (χ2n) is 8.90. The van der Waals surface area contributed by atoms with Crippen molar-refractivity contribution in [1.82, 2.24) is 14.9 Å². The van der Waals surface area contributed by atoms with E-state index in [0.29, 0.717) is 0 Å². The van der Waals surface area contributed by atoms with Gasteiger partial charge in [-0.3, -0.25) is 4.79 Å². The summed E-state index contributed by atoms with van der Waals surface area (Å²) in [6.45, 7) is 8.01. The average molecular weight is 414 g/mol. The zero-order chi connectivity index (χ0) is 21.6. The Hall–Kier alpha value is -1.84. The third kappa shape index (κ3) is 8.49. The molecule has 0 atom stereocenters. The van der Waals surface area contributed by atoms with Crippen LogP contribution in [0.3, 0.4) is 0 Å². The molecule has 1 amide bonds. The second-order valence-corrected chi connectivity index (χ2v) is 8.90. The van der Waals surface area contributed by atoms with E-state index in [-0.39, 0.29) is 11.8 Å². The van der Waals surface area contributed by atoms with Crippen LogP contribution in [-0.4, -0.2) is 22.0 Å². The van der Waals surface area contributed by atoms with Crippen molar-refractivity contribution in [3.05, 3.63) is 30.1 Å². The molecule has 1 heterocycles. The summed E-state index contributed by atoms with van der Waals surface area (Å²) in [6, 6.07) is 8.54. The molecule has 1 aromatic carbocycles. The summed E-state index contributed by atoms with van der Waals surface area (Å²) >= 11 is 0. The molecule has 0 aliphatic rings. The lowest BCUT2D eigenvalue weighted by atomic mass is 10.1. The lowest BCUT2D eigenvalue weighted by Gasteiger charge is -2.10. The van der Waals surface area contributed by atoms with E-state index in [9.17, 15) is 4.79 Å². The summed E-state index contributed by atoms with van der Waals surface area (Å²) in [5, 5.41) is 3.01. The number of para-hydroxylation sites is 2. The van der Waals surface area contributed by atoms with Gasteiger partial charge in [0.1, 0.15) is 5.82 Å². The van der Waals surface area contributed by atoms with Crippen LogP contribution in [-0.2, 0) is 17.8 Å². The molecule has 0 saturated heterocycles. The monoisotopic (exact) mass is 413 g/mol. The van der Waals surface area contributed by atoms with Crippen molar-refractivity contribution in [3.8, 4) is 0 Å². The minimum atomic E-state index is 0.0706. The van der Waals surface area contributed by atoms with Crippen molar-refractivity contribution in [1.29, 1.82) is 0 Å². The number of rotatable bonds is 16. The van der Waals surface area contributed by atoms with Gasteiger partial charge in [0.05, 0.1) is 11.0 Å². The van der Waals surface area contributed by atoms with Crippen LogP contribution in [0, 0.1) is 5.92 Å². The van der Waals surface area contributed by atoms with Gasteiger partial charge in [0.2, 0.25) is 5.91 Å². The van der Waals surface area contributed by atoms with E-state index in [2.05, 4.69) is 41.1 Å². The van der Waals surface area contributed by atoms with Crippen molar-refractivity contribution >= 4 is 16.9 Å². The fourth-order valence-corrected chi connectivity index (χ4v) is 3.97. The van der Waals surface area contributed by atoms with Crippen LogP contribution in [0.25, 0.3) is 11.0 Å².